The highest BCUT2D eigenvalue weighted by Gasteiger charge is 2.35. The minimum atomic E-state index is -0.139. The van der Waals surface area contributed by atoms with Crippen LogP contribution in [-0.4, -0.2) is 31.1 Å². The minimum Gasteiger partial charge on any atom is -0.316 e. The first-order valence-electron chi connectivity index (χ1n) is 7.37. The van der Waals surface area contributed by atoms with Crippen LogP contribution in [0.4, 0.5) is 4.39 Å². The SMILES string of the molecule is CC1(CN2CCCC2c2ccc(F)cc2)CCNC1. The van der Waals surface area contributed by atoms with E-state index in [0.717, 1.165) is 19.6 Å². The van der Waals surface area contributed by atoms with Crippen molar-refractivity contribution in [1.82, 2.24) is 10.2 Å². The first-order chi connectivity index (χ1) is 9.16. The van der Waals surface area contributed by atoms with E-state index in [1.807, 2.05) is 12.1 Å². The molecule has 2 unspecified atom stereocenters. The molecule has 2 aliphatic rings. The van der Waals surface area contributed by atoms with Gasteiger partial charge in [-0.3, -0.25) is 4.90 Å². The van der Waals surface area contributed by atoms with Crippen molar-refractivity contribution in [2.24, 2.45) is 5.41 Å². The summed E-state index contributed by atoms with van der Waals surface area (Å²) < 4.78 is 13.0. The molecule has 2 nitrogen and oxygen atoms in total. The number of nitrogens with zero attached hydrogens (tertiary/aromatic N) is 1. The van der Waals surface area contributed by atoms with Crippen molar-refractivity contribution < 1.29 is 4.39 Å². The Kier molecular flexibility index (Phi) is 3.59. The van der Waals surface area contributed by atoms with Gasteiger partial charge in [0, 0.05) is 19.1 Å². The lowest BCUT2D eigenvalue weighted by atomic mass is 9.88. The number of likely N-dealkylation sites (tertiary alicyclic amines) is 1. The molecule has 0 spiro atoms. The average Bonchev–Trinajstić information content (AvgIpc) is 3.00. The van der Waals surface area contributed by atoms with Gasteiger partial charge in [-0.2, -0.15) is 0 Å². The summed E-state index contributed by atoms with van der Waals surface area (Å²) in [6, 6.07) is 7.56. The second-order valence-electron chi connectivity index (χ2n) is 6.42. The number of hydrogen-bond donors (Lipinski definition) is 1. The predicted octanol–water partition coefficient (Wildman–Crippen LogP) is 2.96. The van der Waals surface area contributed by atoms with Crippen LogP contribution in [0.1, 0.15) is 37.8 Å². The fraction of sp³-hybridized carbons (Fsp3) is 0.625. The van der Waals surface area contributed by atoms with Gasteiger partial charge in [-0.15, -0.1) is 0 Å². The highest BCUT2D eigenvalue weighted by atomic mass is 19.1. The molecule has 2 atom stereocenters. The Hall–Kier alpha value is -0.930. The van der Waals surface area contributed by atoms with E-state index in [9.17, 15) is 4.39 Å². The van der Waals surface area contributed by atoms with Crippen LogP contribution in [0, 0.1) is 11.2 Å². The van der Waals surface area contributed by atoms with Gasteiger partial charge in [0.25, 0.3) is 0 Å². The van der Waals surface area contributed by atoms with E-state index in [0.29, 0.717) is 11.5 Å². The number of rotatable bonds is 3. The van der Waals surface area contributed by atoms with Gasteiger partial charge in [0.2, 0.25) is 0 Å². The van der Waals surface area contributed by atoms with Crippen molar-refractivity contribution in [2.75, 3.05) is 26.2 Å². The topological polar surface area (TPSA) is 15.3 Å². The lowest BCUT2D eigenvalue weighted by molar-refractivity contribution is 0.165. The Morgan fingerprint density at radius 3 is 2.84 bits per heavy atom. The quantitative estimate of drug-likeness (QED) is 0.901. The molecule has 0 bridgehead atoms. The third kappa shape index (κ3) is 2.82. The van der Waals surface area contributed by atoms with Crippen LogP contribution in [0.5, 0.6) is 0 Å². The summed E-state index contributed by atoms with van der Waals surface area (Å²) in [4.78, 5) is 2.60. The van der Waals surface area contributed by atoms with E-state index in [4.69, 9.17) is 0 Å². The molecule has 2 aliphatic heterocycles. The fourth-order valence-corrected chi connectivity index (χ4v) is 3.57. The largest absolute Gasteiger partial charge is 0.316 e. The second kappa shape index (κ2) is 5.22. The van der Waals surface area contributed by atoms with Crippen molar-refractivity contribution in [1.29, 1.82) is 0 Å². The predicted molar refractivity (Wildman–Crippen MR) is 75.5 cm³/mol. The van der Waals surface area contributed by atoms with Gasteiger partial charge < -0.3 is 5.32 Å². The van der Waals surface area contributed by atoms with Crippen LogP contribution >= 0.6 is 0 Å². The highest BCUT2D eigenvalue weighted by molar-refractivity contribution is 5.21. The summed E-state index contributed by atoms with van der Waals surface area (Å²) >= 11 is 0. The van der Waals surface area contributed by atoms with Crippen molar-refractivity contribution >= 4 is 0 Å². The molecule has 1 aromatic rings. The van der Waals surface area contributed by atoms with Crippen LogP contribution in [0.15, 0.2) is 24.3 Å². The molecule has 3 heteroatoms. The minimum absolute atomic E-state index is 0.139. The summed E-state index contributed by atoms with van der Waals surface area (Å²) in [6.45, 7) is 6.98. The normalized spacial score (nSPS) is 32.0. The van der Waals surface area contributed by atoms with E-state index in [1.165, 1.54) is 31.4 Å². The van der Waals surface area contributed by atoms with Crippen molar-refractivity contribution in [3.63, 3.8) is 0 Å². The molecule has 0 radical (unpaired) electrons. The summed E-state index contributed by atoms with van der Waals surface area (Å²) in [5.74, 6) is -0.139. The Balaban J connectivity index is 1.72. The maximum Gasteiger partial charge on any atom is 0.123 e. The second-order valence-corrected chi connectivity index (χ2v) is 6.42. The standard InChI is InChI=1S/C16H23FN2/c1-16(8-9-18-11-16)12-19-10-2-3-15(19)13-4-6-14(17)7-5-13/h4-7,15,18H,2-3,8-12H2,1H3. The zero-order valence-corrected chi connectivity index (χ0v) is 11.7. The van der Waals surface area contributed by atoms with Crippen molar-refractivity contribution in [3.8, 4) is 0 Å². The van der Waals surface area contributed by atoms with Crippen molar-refractivity contribution in [3.05, 3.63) is 35.6 Å². The van der Waals surface area contributed by atoms with E-state index in [-0.39, 0.29) is 5.82 Å². The average molecular weight is 262 g/mol. The number of hydrogen-bond acceptors (Lipinski definition) is 2. The van der Waals surface area contributed by atoms with Gasteiger partial charge in [-0.25, -0.2) is 4.39 Å². The molecule has 104 valence electrons. The molecule has 2 heterocycles. The lowest BCUT2D eigenvalue weighted by Crippen LogP contribution is -2.37. The Labute approximate surface area is 115 Å². The maximum atomic E-state index is 13.0. The number of halogens is 1. The van der Waals surface area contributed by atoms with E-state index in [1.54, 1.807) is 12.1 Å². The lowest BCUT2D eigenvalue weighted by Gasteiger charge is -2.33. The summed E-state index contributed by atoms with van der Waals surface area (Å²) in [6.07, 6.45) is 3.72. The van der Waals surface area contributed by atoms with Crippen LogP contribution in [0.25, 0.3) is 0 Å². The maximum absolute atomic E-state index is 13.0. The molecule has 0 saturated carbocycles. The first kappa shape index (κ1) is 13.1. The molecular formula is C16H23FN2. The Bertz CT molecular complexity index is 423. The molecule has 3 rings (SSSR count). The molecule has 2 fully saturated rings. The summed E-state index contributed by atoms with van der Waals surface area (Å²) in [5, 5.41) is 3.47. The van der Waals surface area contributed by atoms with Gasteiger partial charge in [0.15, 0.2) is 0 Å². The molecule has 19 heavy (non-hydrogen) atoms. The highest BCUT2D eigenvalue weighted by Crippen LogP contribution is 2.36. The zero-order chi connectivity index (χ0) is 13.3. The Morgan fingerprint density at radius 2 is 2.16 bits per heavy atom. The molecule has 1 N–H and O–H groups in total. The summed E-state index contributed by atoms with van der Waals surface area (Å²) in [5.41, 5.74) is 1.68. The van der Waals surface area contributed by atoms with E-state index >= 15 is 0 Å². The number of benzene rings is 1. The molecule has 0 amide bonds. The first-order valence-corrected chi connectivity index (χ1v) is 7.37. The number of nitrogens with one attached hydrogen (secondary N) is 1. The van der Waals surface area contributed by atoms with Gasteiger partial charge >= 0.3 is 0 Å². The van der Waals surface area contributed by atoms with E-state index in [2.05, 4.69) is 17.1 Å². The summed E-state index contributed by atoms with van der Waals surface area (Å²) in [7, 11) is 0. The zero-order valence-electron chi connectivity index (χ0n) is 11.7. The van der Waals surface area contributed by atoms with Crippen LogP contribution in [0.3, 0.4) is 0 Å². The Morgan fingerprint density at radius 1 is 1.37 bits per heavy atom. The monoisotopic (exact) mass is 262 g/mol. The van der Waals surface area contributed by atoms with Gasteiger partial charge in [-0.05, 0) is 55.5 Å². The van der Waals surface area contributed by atoms with Gasteiger partial charge in [0.1, 0.15) is 5.82 Å². The fourth-order valence-electron chi connectivity index (χ4n) is 3.57. The molecule has 0 aliphatic carbocycles. The third-order valence-corrected chi connectivity index (χ3v) is 4.66. The van der Waals surface area contributed by atoms with Crippen LogP contribution in [0.2, 0.25) is 0 Å². The van der Waals surface area contributed by atoms with E-state index < -0.39 is 0 Å². The third-order valence-electron chi connectivity index (χ3n) is 4.66. The molecule has 1 aromatic carbocycles. The molecule has 0 aromatic heterocycles. The molecule has 2 saturated heterocycles. The smallest absolute Gasteiger partial charge is 0.123 e. The van der Waals surface area contributed by atoms with Crippen LogP contribution in [-0.2, 0) is 0 Å². The molecular weight excluding hydrogens is 239 g/mol. The van der Waals surface area contributed by atoms with Crippen molar-refractivity contribution in [2.45, 2.75) is 32.2 Å². The van der Waals surface area contributed by atoms with Gasteiger partial charge in [0.05, 0.1) is 0 Å². The van der Waals surface area contributed by atoms with Gasteiger partial charge in [-0.1, -0.05) is 19.1 Å². The van der Waals surface area contributed by atoms with Crippen LogP contribution < -0.4 is 5.32 Å².